The summed E-state index contributed by atoms with van der Waals surface area (Å²) in [5.74, 6) is -0.551. The fourth-order valence-electron chi connectivity index (χ4n) is 2.20. The number of benzene rings is 1. The van der Waals surface area contributed by atoms with E-state index in [2.05, 4.69) is 9.97 Å². The van der Waals surface area contributed by atoms with Crippen LogP contribution in [0.4, 0.5) is 4.39 Å². The van der Waals surface area contributed by atoms with Gasteiger partial charge in [0.15, 0.2) is 0 Å². The van der Waals surface area contributed by atoms with Crippen LogP contribution in [0.2, 0.25) is 0 Å². The van der Waals surface area contributed by atoms with Crippen molar-refractivity contribution < 1.29 is 14.3 Å². The summed E-state index contributed by atoms with van der Waals surface area (Å²) in [4.78, 5) is 19.9. The van der Waals surface area contributed by atoms with Gasteiger partial charge in [0.1, 0.15) is 11.6 Å². The Hall–Kier alpha value is -1.95. The first kappa shape index (κ1) is 13.5. The van der Waals surface area contributed by atoms with E-state index in [4.69, 9.17) is 5.11 Å². The average molecular weight is 265 g/mol. The molecule has 0 aliphatic carbocycles. The number of rotatable bonds is 5. The van der Waals surface area contributed by atoms with Crippen molar-refractivity contribution in [1.29, 1.82) is 0 Å². The van der Waals surface area contributed by atoms with E-state index in [-0.39, 0.29) is 18.4 Å². The van der Waals surface area contributed by atoms with Crippen LogP contribution >= 0.6 is 0 Å². The normalized spacial score (nSPS) is 13.1. The van der Waals surface area contributed by atoms with Crippen LogP contribution in [-0.4, -0.2) is 39.5 Å². The lowest BCUT2D eigenvalue weighted by molar-refractivity contribution is -0.138. The van der Waals surface area contributed by atoms with Gasteiger partial charge in [-0.05, 0) is 31.7 Å². The Morgan fingerprint density at radius 1 is 1.58 bits per heavy atom. The second-order valence-corrected chi connectivity index (χ2v) is 4.52. The highest BCUT2D eigenvalue weighted by atomic mass is 19.1. The fraction of sp³-hybridized carbons (Fsp3) is 0.385. The number of likely N-dealkylation sites (N-methyl/N-ethyl adjacent to an activating group) is 1. The van der Waals surface area contributed by atoms with Crippen molar-refractivity contribution in [2.24, 2.45) is 0 Å². The van der Waals surface area contributed by atoms with Crippen molar-refractivity contribution in [3.8, 4) is 0 Å². The number of halogens is 1. The van der Waals surface area contributed by atoms with Crippen molar-refractivity contribution in [3.05, 3.63) is 29.8 Å². The number of imidazole rings is 1. The van der Waals surface area contributed by atoms with Crippen LogP contribution in [0.25, 0.3) is 11.0 Å². The van der Waals surface area contributed by atoms with Gasteiger partial charge in [0.2, 0.25) is 0 Å². The van der Waals surface area contributed by atoms with Crippen LogP contribution in [0.5, 0.6) is 0 Å². The minimum atomic E-state index is -0.886. The van der Waals surface area contributed by atoms with Gasteiger partial charge < -0.3 is 10.1 Å². The van der Waals surface area contributed by atoms with Crippen LogP contribution in [0.15, 0.2) is 18.2 Å². The number of H-pyrrole nitrogens is 1. The quantitative estimate of drug-likeness (QED) is 0.869. The summed E-state index contributed by atoms with van der Waals surface area (Å²) in [6.45, 7) is 1.89. The molecule has 0 aliphatic heterocycles. The van der Waals surface area contributed by atoms with Crippen molar-refractivity contribution in [1.82, 2.24) is 14.9 Å². The largest absolute Gasteiger partial charge is 0.480 e. The number of hydrogen-bond donors (Lipinski definition) is 2. The predicted octanol–water partition coefficient (Wildman–Crippen LogP) is 2.17. The SMILES string of the molecule is CCC(c1nc2ccc(F)cc2[nH]1)N(C)CC(=O)O. The van der Waals surface area contributed by atoms with Crippen molar-refractivity contribution in [2.45, 2.75) is 19.4 Å². The number of hydrogen-bond acceptors (Lipinski definition) is 3. The Morgan fingerprint density at radius 3 is 2.95 bits per heavy atom. The average Bonchev–Trinajstić information content (AvgIpc) is 2.71. The first-order chi connectivity index (χ1) is 9.01. The number of carboxylic acid groups (broad SMARTS) is 1. The molecule has 0 aliphatic rings. The van der Waals surface area contributed by atoms with Gasteiger partial charge in [0, 0.05) is 0 Å². The smallest absolute Gasteiger partial charge is 0.317 e. The molecule has 1 heterocycles. The summed E-state index contributed by atoms with van der Waals surface area (Å²) in [7, 11) is 1.73. The third-order valence-electron chi connectivity index (χ3n) is 3.08. The minimum Gasteiger partial charge on any atom is -0.480 e. The highest BCUT2D eigenvalue weighted by molar-refractivity contribution is 5.75. The molecule has 102 valence electrons. The summed E-state index contributed by atoms with van der Waals surface area (Å²) in [6, 6.07) is 4.21. The molecule has 0 radical (unpaired) electrons. The van der Waals surface area contributed by atoms with Gasteiger partial charge in [-0.2, -0.15) is 0 Å². The predicted molar refractivity (Wildman–Crippen MR) is 69.3 cm³/mol. The lowest BCUT2D eigenvalue weighted by Crippen LogP contribution is -2.30. The maximum atomic E-state index is 13.1. The molecule has 5 nitrogen and oxygen atoms in total. The lowest BCUT2D eigenvalue weighted by atomic mass is 10.2. The van der Waals surface area contributed by atoms with E-state index < -0.39 is 5.97 Å². The number of nitrogens with one attached hydrogen (secondary N) is 1. The molecule has 1 aromatic carbocycles. The maximum Gasteiger partial charge on any atom is 0.317 e. The number of carboxylic acids is 1. The van der Waals surface area contributed by atoms with Gasteiger partial charge in [0.25, 0.3) is 0 Å². The molecule has 2 N–H and O–H groups in total. The zero-order valence-electron chi connectivity index (χ0n) is 10.9. The molecular formula is C13H16FN3O2. The van der Waals surface area contributed by atoms with Gasteiger partial charge in [-0.3, -0.25) is 9.69 Å². The Kier molecular flexibility index (Phi) is 3.80. The Bertz CT molecular complexity index is 597. The molecule has 0 bridgehead atoms. The van der Waals surface area contributed by atoms with Gasteiger partial charge >= 0.3 is 5.97 Å². The highest BCUT2D eigenvalue weighted by Gasteiger charge is 2.20. The summed E-state index contributed by atoms with van der Waals surface area (Å²) in [5, 5.41) is 8.83. The van der Waals surface area contributed by atoms with E-state index in [1.165, 1.54) is 12.1 Å². The molecule has 0 saturated heterocycles. The first-order valence-corrected chi connectivity index (χ1v) is 6.08. The monoisotopic (exact) mass is 265 g/mol. The third-order valence-corrected chi connectivity index (χ3v) is 3.08. The molecule has 2 rings (SSSR count). The standard InChI is InChI=1S/C13H16FN3O2/c1-3-11(17(2)7-12(18)19)13-15-9-5-4-8(14)6-10(9)16-13/h4-6,11H,3,7H2,1-2H3,(H,15,16)(H,18,19). The van der Waals surface area contributed by atoms with E-state index in [1.807, 2.05) is 6.92 Å². The molecule has 19 heavy (non-hydrogen) atoms. The molecule has 1 atom stereocenters. The number of carbonyl (C=O) groups is 1. The number of aromatic nitrogens is 2. The van der Waals surface area contributed by atoms with Crippen LogP contribution < -0.4 is 0 Å². The Labute approximate surface area is 110 Å². The number of fused-ring (bicyclic) bond motifs is 1. The van der Waals surface area contributed by atoms with Crippen LogP contribution in [0.1, 0.15) is 25.2 Å². The number of aliphatic carboxylic acids is 1. The molecule has 1 aromatic heterocycles. The Morgan fingerprint density at radius 2 is 2.32 bits per heavy atom. The van der Waals surface area contributed by atoms with E-state index in [0.29, 0.717) is 23.3 Å². The number of nitrogens with zero attached hydrogens (tertiary/aromatic N) is 2. The summed E-state index contributed by atoms with van der Waals surface area (Å²) in [6.07, 6.45) is 0.714. The van der Waals surface area contributed by atoms with Crippen LogP contribution in [0, 0.1) is 5.82 Å². The van der Waals surface area contributed by atoms with Crippen molar-refractivity contribution >= 4 is 17.0 Å². The van der Waals surface area contributed by atoms with Gasteiger partial charge in [-0.1, -0.05) is 6.92 Å². The Balaban J connectivity index is 2.32. The molecular weight excluding hydrogens is 249 g/mol. The van der Waals surface area contributed by atoms with Gasteiger partial charge in [-0.25, -0.2) is 9.37 Å². The highest BCUT2D eigenvalue weighted by Crippen LogP contribution is 2.23. The maximum absolute atomic E-state index is 13.1. The zero-order valence-corrected chi connectivity index (χ0v) is 10.9. The fourth-order valence-corrected chi connectivity index (χ4v) is 2.20. The van der Waals surface area contributed by atoms with Crippen molar-refractivity contribution in [3.63, 3.8) is 0 Å². The van der Waals surface area contributed by atoms with Crippen molar-refractivity contribution in [2.75, 3.05) is 13.6 Å². The van der Waals surface area contributed by atoms with Crippen LogP contribution in [-0.2, 0) is 4.79 Å². The molecule has 0 fully saturated rings. The summed E-state index contributed by atoms with van der Waals surface area (Å²) >= 11 is 0. The summed E-state index contributed by atoms with van der Waals surface area (Å²) in [5.41, 5.74) is 1.30. The molecule has 2 aromatic rings. The van der Waals surface area contributed by atoms with E-state index in [0.717, 1.165) is 0 Å². The first-order valence-electron chi connectivity index (χ1n) is 6.08. The second kappa shape index (κ2) is 5.36. The molecule has 0 saturated carbocycles. The zero-order chi connectivity index (χ0) is 14.0. The summed E-state index contributed by atoms with van der Waals surface area (Å²) < 4.78 is 13.1. The molecule has 6 heteroatoms. The second-order valence-electron chi connectivity index (χ2n) is 4.52. The van der Waals surface area contributed by atoms with E-state index in [9.17, 15) is 9.18 Å². The molecule has 0 amide bonds. The van der Waals surface area contributed by atoms with E-state index in [1.54, 1.807) is 18.0 Å². The van der Waals surface area contributed by atoms with E-state index >= 15 is 0 Å². The minimum absolute atomic E-state index is 0.0656. The lowest BCUT2D eigenvalue weighted by Gasteiger charge is -2.23. The van der Waals surface area contributed by atoms with Gasteiger partial charge in [-0.15, -0.1) is 0 Å². The van der Waals surface area contributed by atoms with Crippen LogP contribution in [0.3, 0.4) is 0 Å². The topological polar surface area (TPSA) is 69.2 Å². The molecule has 1 unspecified atom stereocenters. The molecule has 0 spiro atoms. The number of aromatic amines is 1. The third kappa shape index (κ3) is 2.90. The van der Waals surface area contributed by atoms with Gasteiger partial charge in [0.05, 0.1) is 23.6 Å².